The van der Waals surface area contributed by atoms with E-state index in [-0.39, 0.29) is 5.91 Å². The Morgan fingerprint density at radius 2 is 2.00 bits per heavy atom. The maximum Gasteiger partial charge on any atom is 0.237 e. The maximum absolute atomic E-state index is 12.6. The Morgan fingerprint density at radius 3 is 2.48 bits per heavy atom. The minimum Gasteiger partial charge on any atom is -0.494 e. The lowest BCUT2D eigenvalue weighted by Gasteiger charge is -2.46. The topological polar surface area (TPSA) is 38.8 Å². The molecule has 2 fully saturated rings. The van der Waals surface area contributed by atoms with Gasteiger partial charge >= 0.3 is 0 Å². The fourth-order valence-corrected chi connectivity index (χ4v) is 2.75. The molecule has 2 saturated heterocycles. The molecule has 4 nitrogen and oxygen atoms in total. The molecule has 1 aromatic carbocycles. The van der Waals surface area contributed by atoms with Crippen molar-refractivity contribution < 1.29 is 14.3 Å². The Balaban J connectivity index is 1.70. The quantitative estimate of drug-likeness (QED) is 0.755. The predicted octanol–water partition coefficient (Wildman–Crippen LogP) is 2.37. The molecule has 0 atom stereocenters. The van der Waals surface area contributed by atoms with E-state index in [4.69, 9.17) is 9.47 Å². The third-order valence-electron chi connectivity index (χ3n) is 4.42. The number of amides is 1. The molecule has 0 unspecified atom stereocenters. The van der Waals surface area contributed by atoms with Gasteiger partial charge in [-0.15, -0.1) is 0 Å². The van der Waals surface area contributed by atoms with Crippen LogP contribution in [0.25, 0.3) is 0 Å². The van der Waals surface area contributed by atoms with E-state index >= 15 is 0 Å². The number of nitrogens with zero attached hydrogens (tertiary/aromatic N) is 1. The third-order valence-corrected chi connectivity index (χ3v) is 4.42. The van der Waals surface area contributed by atoms with E-state index in [1.807, 2.05) is 29.2 Å². The highest BCUT2D eigenvalue weighted by molar-refractivity contribution is 5.90. The van der Waals surface area contributed by atoms with Crippen LogP contribution in [0.4, 0.5) is 0 Å². The van der Waals surface area contributed by atoms with Crippen LogP contribution in [0, 0.1) is 0 Å². The van der Waals surface area contributed by atoms with Crippen molar-refractivity contribution >= 4 is 5.91 Å². The van der Waals surface area contributed by atoms with Gasteiger partial charge in [-0.05, 0) is 30.5 Å². The van der Waals surface area contributed by atoms with Crippen molar-refractivity contribution in [3.63, 3.8) is 0 Å². The second-order valence-electron chi connectivity index (χ2n) is 5.95. The molecule has 0 saturated carbocycles. The second-order valence-corrected chi connectivity index (χ2v) is 5.95. The van der Waals surface area contributed by atoms with Gasteiger partial charge in [-0.25, -0.2) is 0 Å². The summed E-state index contributed by atoms with van der Waals surface area (Å²) in [6, 6.07) is 7.96. The zero-order valence-electron chi connectivity index (χ0n) is 12.6. The van der Waals surface area contributed by atoms with Crippen molar-refractivity contribution in [1.82, 2.24) is 4.90 Å². The highest BCUT2D eigenvalue weighted by Gasteiger charge is 2.50. The molecule has 1 amide bonds. The lowest BCUT2D eigenvalue weighted by Crippen LogP contribution is -2.61. The van der Waals surface area contributed by atoms with E-state index in [1.165, 1.54) is 0 Å². The van der Waals surface area contributed by atoms with Gasteiger partial charge in [0.25, 0.3) is 0 Å². The summed E-state index contributed by atoms with van der Waals surface area (Å²) < 4.78 is 11.0. The second kappa shape index (κ2) is 6.06. The van der Waals surface area contributed by atoms with Crippen molar-refractivity contribution in [2.45, 2.75) is 31.6 Å². The molecule has 3 rings (SSSR count). The fraction of sp³-hybridized carbons (Fsp3) is 0.588. The van der Waals surface area contributed by atoms with Crippen molar-refractivity contribution in [3.8, 4) is 5.75 Å². The van der Waals surface area contributed by atoms with Gasteiger partial charge in [0, 0.05) is 13.1 Å². The molecule has 0 spiro atoms. The Kier molecular flexibility index (Phi) is 4.15. The van der Waals surface area contributed by atoms with Gasteiger partial charge < -0.3 is 14.4 Å². The molecule has 0 aliphatic carbocycles. The molecule has 114 valence electrons. The zero-order valence-corrected chi connectivity index (χ0v) is 12.6. The van der Waals surface area contributed by atoms with Crippen LogP contribution in [-0.4, -0.2) is 43.7 Å². The number of ether oxygens (including phenoxy) is 2. The molecule has 21 heavy (non-hydrogen) atoms. The molecule has 0 radical (unpaired) electrons. The van der Waals surface area contributed by atoms with E-state index in [0.717, 1.165) is 50.3 Å². The summed E-state index contributed by atoms with van der Waals surface area (Å²) in [5, 5.41) is 0. The lowest BCUT2D eigenvalue weighted by atomic mass is 9.76. The third kappa shape index (κ3) is 2.64. The van der Waals surface area contributed by atoms with Crippen LogP contribution < -0.4 is 4.74 Å². The summed E-state index contributed by atoms with van der Waals surface area (Å²) >= 11 is 0. The van der Waals surface area contributed by atoms with E-state index in [1.54, 1.807) is 0 Å². The van der Waals surface area contributed by atoms with Gasteiger partial charge in [0.15, 0.2) is 0 Å². The summed E-state index contributed by atoms with van der Waals surface area (Å²) in [7, 11) is 0. The van der Waals surface area contributed by atoms with Gasteiger partial charge in [-0.1, -0.05) is 25.5 Å². The Morgan fingerprint density at radius 1 is 1.29 bits per heavy atom. The molecule has 2 aliphatic rings. The van der Waals surface area contributed by atoms with Crippen LogP contribution in [0.5, 0.6) is 5.75 Å². The average Bonchev–Trinajstić information content (AvgIpc) is 2.37. The van der Waals surface area contributed by atoms with Crippen molar-refractivity contribution in [2.24, 2.45) is 0 Å². The summed E-state index contributed by atoms with van der Waals surface area (Å²) in [5.74, 6) is 1.10. The fourth-order valence-electron chi connectivity index (χ4n) is 2.75. The molecule has 1 aromatic rings. The number of hydrogen-bond donors (Lipinski definition) is 0. The molecule has 2 heterocycles. The van der Waals surface area contributed by atoms with Crippen LogP contribution >= 0.6 is 0 Å². The Hall–Kier alpha value is -1.55. The molecule has 0 N–H and O–H groups in total. The van der Waals surface area contributed by atoms with Gasteiger partial charge in [0.1, 0.15) is 11.2 Å². The maximum atomic E-state index is 12.6. The Labute approximate surface area is 126 Å². The van der Waals surface area contributed by atoms with Crippen LogP contribution in [-0.2, 0) is 14.9 Å². The number of hydrogen-bond acceptors (Lipinski definition) is 3. The zero-order chi connectivity index (χ0) is 14.7. The summed E-state index contributed by atoms with van der Waals surface area (Å²) in [6.45, 7) is 5.67. The Bertz CT molecular complexity index is 489. The van der Waals surface area contributed by atoms with Crippen molar-refractivity contribution in [2.75, 3.05) is 32.9 Å². The highest BCUT2D eigenvalue weighted by Crippen LogP contribution is 2.36. The number of carbonyl (C=O) groups is 1. The summed E-state index contributed by atoms with van der Waals surface area (Å²) in [5.41, 5.74) is 0.594. The van der Waals surface area contributed by atoms with Crippen LogP contribution in [0.1, 0.15) is 31.7 Å². The molecule has 0 aromatic heterocycles. The number of unbranched alkanes of at least 4 members (excludes halogenated alkanes) is 1. The van der Waals surface area contributed by atoms with Gasteiger partial charge in [0.2, 0.25) is 5.91 Å². The predicted molar refractivity (Wildman–Crippen MR) is 80.5 cm³/mol. The van der Waals surface area contributed by atoms with E-state index in [2.05, 4.69) is 6.92 Å². The lowest BCUT2D eigenvalue weighted by molar-refractivity contribution is -0.159. The van der Waals surface area contributed by atoms with Crippen LogP contribution in [0.15, 0.2) is 24.3 Å². The SMILES string of the molecule is CCCCOc1ccc(C2(C(=O)N3CCC3)COC2)cc1. The van der Waals surface area contributed by atoms with E-state index < -0.39 is 5.41 Å². The van der Waals surface area contributed by atoms with Gasteiger partial charge in [0.05, 0.1) is 19.8 Å². The minimum absolute atomic E-state index is 0.222. The van der Waals surface area contributed by atoms with Gasteiger partial charge in [-0.2, -0.15) is 0 Å². The first-order valence-electron chi connectivity index (χ1n) is 7.87. The number of rotatable bonds is 6. The first-order valence-corrected chi connectivity index (χ1v) is 7.87. The molecule has 2 aliphatic heterocycles. The molecular weight excluding hydrogens is 266 g/mol. The molecule has 0 bridgehead atoms. The van der Waals surface area contributed by atoms with E-state index in [0.29, 0.717) is 13.2 Å². The first kappa shape index (κ1) is 14.4. The number of benzene rings is 1. The number of likely N-dealkylation sites (tertiary alicyclic amines) is 1. The smallest absolute Gasteiger partial charge is 0.237 e. The van der Waals surface area contributed by atoms with Crippen molar-refractivity contribution in [1.29, 1.82) is 0 Å². The molecular formula is C17H23NO3. The van der Waals surface area contributed by atoms with Crippen molar-refractivity contribution in [3.05, 3.63) is 29.8 Å². The first-order chi connectivity index (χ1) is 10.3. The van der Waals surface area contributed by atoms with Crippen LogP contribution in [0.2, 0.25) is 0 Å². The van der Waals surface area contributed by atoms with Crippen LogP contribution in [0.3, 0.4) is 0 Å². The van der Waals surface area contributed by atoms with E-state index in [9.17, 15) is 4.79 Å². The summed E-state index contributed by atoms with van der Waals surface area (Å²) in [4.78, 5) is 14.6. The monoisotopic (exact) mass is 289 g/mol. The average molecular weight is 289 g/mol. The number of carbonyl (C=O) groups excluding carboxylic acids is 1. The molecule has 4 heteroatoms. The van der Waals surface area contributed by atoms with Gasteiger partial charge in [-0.3, -0.25) is 4.79 Å². The minimum atomic E-state index is -0.456. The normalized spacial score (nSPS) is 19.6. The largest absolute Gasteiger partial charge is 0.494 e. The summed E-state index contributed by atoms with van der Waals surface area (Å²) in [6.07, 6.45) is 3.31. The standard InChI is InChI=1S/C17H23NO3/c1-2-3-11-21-15-7-5-14(6-8-15)17(12-20-13-17)16(19)18-9-4-10-18/h5-8H,2-4,9-13H2,1H3. The highest BCUT2D eigenvalue weighted by atomic mass is 16.5.